The van der Waals surface area contributed by atoms with Gasteiger partial charge in [-0.3, -0.25) is 5.41 Å². The quantitative estimate of drug-likeness (QED) is 0.450. The van der Waals surface area contributed by atoms with Gasteiger partial charge in [-0.2, -0.15) is 0 Å². The Labute approximate surface area is 154 Å². The van der Waals surface area contributed by atoms with Gasteiger partial charge in [0.05, 0.1) is 7.11 Å². The third-order valence-electron chi connectivity index (χ3n) is 3.54. The molecule has 134 valence electrons. The van der Waals surface area contributed by atoms with Crippen molar-refractivity contribution in [2.75, 3.05) is 13.7 Å². The minimum Gasteiger partial charge on any atom is -0.508 e. The van der Waals surface area contributed by atoms with Gasteiger partial charge in [0.15, 0.2) is 5.17 Å². The standard InChI is InChI=1S/C20H26N2O2S/c1-20(2,3)14-22(13-15-5-7-16(23)8-6-15)19(21)25-18-11-9-17(24-4)10-12-18/h5-12,21,23H,13-14H2,1-4H3. The van der Waals surface area contributed by atoms with Crippen LogP contribution in [0.25, 0.3) is 0 Å². The average Bonchev–Trinajstić information content (AvgIpc) is 2.56. The molecule has 0 aliphatic carbocycles. The second-order valence-electron chi connectivity index (χ2n) is 7.17. The summed E-state index contributed by atoms with van der Waals surface area (Å²) >= 11 is 1.44. The van der Waals surface area contributed by atoms with Gasteiger partial charge in [-0.1, -0.05) is 44.7 Å². The molecule has 0 fully saturated rings. The minimum atomic E-state index is 0.0731. The fourth-order valence-corrected chi connectivity index (χ4v) is 3.17. The molecule has 0 saturated carbocycles. The maximum atomic E-state index is 9.45. The van der Waals surface area contributed by atoms with Crippen LogP contribution in [-0.2, 0) is 6.54 Å². The first kappa shape index (κ1) is 19.2. The number of thioether (sulfide) groups is 1. The zero-order valence-corrected chi connectivity index (χ0v) is 16.1. The molecule has 2 N–H and O–H groups in total. The lowest BCUT2D eigenvalue weighted by Gasteiger charge is -2.31. The third kappa shape index (κ3) is 6.35. The molecule has 0 atom stereocenters. The minimum absolute atomic E-state index is 0.0731. The molecule has 0 aliphatic heterocycles. The second-order valence-corrected chi connectivity index (χ2v) is 8.23. The highest BCUT2D eigenvalue weighted by atomic mass is 32.2. The molecule has 25 heavy (non-hydrogen) atoms. The molecule has 2 aromatic carbocycles. The Bertz CT molecular complexity index is 691. The predicted octanol–water partition coefficient (Wildman–Crippen LogP) is 4.98. The van der Waals surface area contributed by atoms with Crippen LogP contribution in [0.1, 0.15) is 26.3 Å². The number of phenols is 1. The smallest absolute Gasteiger partial charge is 0.161 e. The Morgan fingerprint density at radius 2 is 1.68 bits per heavy atom. The van der Waals surface area contributed by atoms with Crippen molar-refractivity contribution in [2.24, 2.45) is 5.41 Å². The maximum Gasteiger partial charge on any atom is 0.161 e. The molecule has 0 aliphatic rings. The van der Waals surface area contributed by atoms with E-state index in [9.17, 15) is 5.11 Å². The number of rotatable bonds is 5. The van der Waals surface area contributed by atoms with Crippen molar-refractivity contribution >= 4 is 16.9 Å². The van der Waals surface area contributed by atoms with Crippen molar-refractivity contribution in [1.82, 2.24) is 4.90 Å². The van der Waals surface area contributed by atoms with Crippen molar-refractivity contribution < 1.29 is 9.84 Å². The topological polar surface area (TPSA) is 56.5 Å². The first-order valence-corrected chi connectivity index (χ1v) is 9.02. The Hall–Kier alpha value is -2.14. The van der Waals surface area contributed by atoms with E-state index in [4.69, 9.17) is 10.1 Å². The number of aromatic hydroxyl groups is 1. The van der Waals surface area contributed by atoms with Crippen LogP contribution in [0.4, 0.5) is 0 Å². The van der Waals surface area contributed by atoms with E-state index >= 15 is 0 Å². The number of phenolic OH excluding ortho intramolecular Hbond substituents is 1. The monoisotopic (exact) mass is 358 g/mol. The fourth-order valence-electron chi connectivity index (χ4n) is 2.41. The highest BCUT2D eigenvalue weighted by molar-refractivity contribution is 8.13. The van der Waals surface area contributed by atoms with Crippen LogP contribution in [0, 0.1) is 10.8 Å². The van der Waals surface area contributed by atoms with Gasteiger partial charge < -0.3 is 14.7 Å². The number of ether oxygens (including phenoxy) is 1. The van der Waals surface area contributed by atoms with Gasteiger partial charge in [-0.05, 0) is 47.4 Å². The molecule has 0 aromatic heterocycles. The van der Waals surface area contributed by atoms with Crippen molar-refractivity contribution in [2.45, 2.75) is 32.2 Å². The summed E-state index contributed by atoms with van der Waals surface area (Å²) in [6.45, 7) is 7.92. The summed E-state index contributed by atoms with van der Waals surface area (Å²) in [4.78, 5) is 3.08. The van der Waals surface area contributed by atoms with Gasteiger partial charge in [0.25, 0.3) is 0 Å². The number of amidine groups is 1. The van der Waals surface area contributed by atoms with Crippen LogP contribution >= 0.6 is 11.8 Å². The SMILES string of the molecule is COc1ccc(SC(=N)N(Cc2ccc(O)cc2)CC(C)(C)C)cc1. The van der Waals surface area contributed by atoms with Gasteiger partial charge in [0.2, 0.25) is 0 Å². The Kier molecular flexibility index (Phi) is 6.37. The van der Waals surface area contributed by atoms with Crippen LogP contribution in [-0.4, -0.2) is 28.8 Å². The summed E-state index contributed by atoms with van der Waals surface area (Å²) in [6, 6.07) is 14.9. The number of nitrogens with zero attached hydrogens (tertiary/aromatic N) is 1. The van der Waals surface area contributed by atoms with Crippen LogP contribution in [0.15, 0.2) is 53.4 Å². The van der Waals surface area contributed by atoms with Gasteiger partial charge in [-0.15, -0.1) is 0 Å². The molecule has 0 amide bonds. The number of nitrogens with one attached hydrogen (secondary N) is 1. The van der Waals surface area contributed by atoms with E-state index in [1.165, 1.54) is 11.8 Å². The molecule has 5 heteroatoms. The van der Waals surface area contributed by atoms with Crippen LogP contribution in [0.3, 0.4) is 0 Å². The van der Waals surface area contributed by atoms with E-state index in [1.807, 2.05) is 36.4 Å². The summed E-state index contributed by atoms with van der Waals surface area (Å²) in [5.41, 5.74) is 1.14. The van der Waals surface area contributed by atoms with Gasteiger partial charge in [0, 0.05) is 18.0 Å². The zero-order chi connectivity index (χ0) is 18.4. The first-order chi connectivity index (χ1) is 11.8. The molecular formula is C20H26N2O2S. The van der Waals surface area contributed by atoms with Crippen molar-refractivity contribution in [3.8, 4) is 11.5 Å². The predicted molar refractivity (Wildman–Crippen MR) is 105 cm³/mol. The van der Waals surface area contributed by atoms with E-state index in [-0.39, 0.29) is 11.2 Å². The van der Waals surface area contributed by atoms with E-state index < -0.39 is 0 Å². The van der Waals surface area contributed by atoms with Gasteiger partial charge in [-0.25, -0.2) is 0 Å². The van der Waals surface area contributed by atoms with Crippen LogP contribution in [0.2, 0.25) is 0 Å². The largest absolute Gasteiger partial charge is 0.508 e. The number of hydrogen-bond donors (Lipinski definition) is 2. The second kappa shape index (κ2) is 8.30. The number of benzene rings is 2. The lowest BCUT2D eigenvalue weighted by molar-refractivity contribution is 0.272. The highest BCUT2D eigenvalue weighted by Crippen LogP contribution is 2.27. The van der Waals surface area contributed by atoms with E-state index in [1.54, 1.807) is 19.2 Å². The lowest BCUT2D eigenvalue weighted by atomic mass is 9.96. The molecule has 4 nitrogen and oxygen atoms in total. The number of methoxy groups -OCH3 is 1. The summed E-state index contributed by atoms with van der Waals surface area (Å²) in [7, 11) is 1.65. The molecule has 0 heterocycles. The van der Waals surface area contributed by atoms with E-state index in [0.29, 0.717) is 11.7 Å². The highest BCUT2D eigenvalue weighted by Gasteiger charge is 2.20. The Morgan fingerprint density at radius 3 is 2.20 bits per heavy atom. The normalized spacial score (nSPS) is 11.2. The summed E-state index contributed by atoms with van der Waals surface area (Å²) in [5.74, 6) is 1.07. The van der Waals surface area contributed by atoms with Gasteiger partial charge in [0.1, 0.15) is 11.5 Å². The Balaban J connectivity index is 2.12. The number of hydrogen-bond acceptors (Lipinski definition) is 4. The van der Waals surface area contributed by atoms with E-state index in [0.717, 1.165) is 22.8 Å². The molecule has 0 unspecified atom stereocenters. The Morgan fingerprint density at radius 1 is 1.08 bits per heavy atom. The molecule has 0 spiro atoms. The molecule has 0 saturated heterocycles. The average molecular weight is 359 g/mol. The lowest BCUT2D eigenvalue weighted by Crippen LogP contribution is -2.35. The fraction of sp³-hybridized carbons (Fsp3) is 0.350. The molecule has 2 rings (SSSR count). The first-order valence-electron chi connectivity index (χ1n) is 8.20. The van der Waals surface area contributed by atoms with Crippen LogP contribution in [0.5, 0.6) is 11.5 Å². The van der Waals surface area contributed by atoms with E-state index in [2.05, 4.69) is 25.7 Å². The van der Waals surface area contributed by atoms with Crippen molar-refractivity contribution in [1.29, 1.82) is 5.41 Å². The maximum absolute atomic E-state index is 9.45. The van der Waals surface area contributed by atoms with Crippen molar-refractivity contribution in [3.05, 3.63) is 54.1 Å². The van der Waals surface area contributed by atoms with Gasteiger partial charge >= 0.3 is 0 Å². The molecule has 2 aromatic rings. The summed E-state index contributed by atoms with van der Waals surface area (Å²) in [5, 5.41) is 18.5. The third-order valence-corrected chi connectivity index (χ3v) is 4.50. The molecule has 0 bridgehead atoms. The van der Waals surface area contributed by atoms with Crippen LogP contribution < -0.4 is 4.74 Å². The molecular weight excluding hydrogens is 332 g/mol. The molecule has 0 radical (unpaired) electrons. The van der Waals surface area contributed by atoms with Crippen molar-refractivity contribution in [3.63, 3.8) is 0 Å². The summed E-state index contributed by atoms with van der Waals surface area (Å²) < 4.78 is 5.18. The summed E-state index contributed by atoms with van der Waals surface area (Å²) in [6.07, 6.45) is 0. The zero-order valence-electron chi connectivity index (χ0n) is 15.2.